The van der Waals surface area contributed by atoms with E-state index in [9.17, 15) is 8.42 Å². The van der Waals surface area contributed by atoms with Gasteiger partial charge >= 0.3 is 0 Å². The Hall–Kier alpha value is -1.60. The van der Waals surface area contributed by atoms with Crippen LogP contribution in [0.25, 0.3) is 0 Å². The van der Waals surface area contributed by atoms with E-state index < -0.39 is 10.0 Å². The Kier molecular flexibility index (Phi) is 5.64. The smallest absolute Gasteiger partial charge is 0.243 e. The molecule has 0 atom stereocenters. The van der Waals surface area contributed by atoms with Gasteiger partial charge in [-0.1, -0.05) is 35.9 Å². The molecule has 25 heavy (non-hydrogen) atoms. The molecule has 0 unspecified atom stereocenters. The molecule has 0 aliphatic carbocycles. The van der Waals surface area contributed by atoms with Crippen LogP contribution in [0.3, 0.4) is 0 Å². The van der Waals surface area contributed by atoms with Crippen LogP contribution in [0, 0.1) is 6.92 Å². The third kappa shape index (κ3) is 4.15. The van der Waals surface area contributed by atoms with Crippen molar-refractivity contribution in [1.82, 2.24) is 4.31 Å². The summed E-state index contributed by atoms with van der Waals surface area (Å²) in [6.45, 7) is 3.98. The minimum absolute atomic E-state index is 0.332. The largest absolute Gasteiger partial charge is 0.381 e. The molecule has 3 rings (SSSR count). The van der Waals surface area contributed by atoms with Crippen molar-refractivity contribution in [3.63, 3.8) is 0 Å². The van der Waals surface area contributed by atoms with Crippen LogP contribution < -0.4 is 5.32 Å². The fraction of sp³-hybridized carbons (Fsp3) is 0.333. The summed E-state index contributed by atoms with van der Waals surface area (Å²) in [7, 11) is -3.52. The lowest BCUT2D eigenvalue weighted by Crippen LogP contribution is -2.40. The molecule has 0 aromatic heterocycles. The molecule has 1 aliphatic heterocycles. The third-order valence-electron chi connectivity index (χ3n) is 4.22. The number of morpholine rings is 1. The van der Waals surface area contributed by atoms with Gasteiger partial charge in [0.25, 0.3) is 0 Å². The number of nitrogens with zero attached hydrogens (tertiary/aromatic N) is 1. The van der Waals surface area contributed by atoms with E-state index in [0.717, 1.165) is 16.8 Å². The van der Waals surface area contributed by atoms with Crippen molar-refractivity contribution in [2.45, 2.75) is 18.4 Å². The molecular weight excluding hydrogens is 360 g/mol. The minimum atomic E-state index is -3.52. The first-order chi connectivity index (χ1) is 12.0. The van der Waals surface area contributed by atoms with Crippen molar-refractivity contribution in [2.75, 3.05) is 31.6 Å². The van der Waals surface area contributed by atoms with Crippen LogP contribution in [0.4, 0.5) is 5.69 Å². The Morgan fingerprint density at radius 3 is 2.60 bits per heavy atom. The normalized spacial score (nSPS) is 15.9. The number of hydrogen-bond donors (Lipinski definition) is 1. The monoisotopic (exact) mass is 380 g/mol. The lowest BCUT2D eigenvalue weighted by atomic mass is 10.2. The topological polar surface area (TPSA) is 58.6 Å². The van der Waals surface area contributed by atoms with Crippen molar-refractivity contribution < 1.29 is 13.2 Å². The van der Waals surface area contributed by atoms with Crippen LogP contribution in [0.5, 0.6) is 0 Å². The Bertz CT molecular complexity index is 849. The summed E-state index contributed by atoms with van der Waals surface area (Å²) in [6, 6.07) is 13.0. The van der Waals surface area contributed by atoms with Crippen molar-refractivity contribution in [2.24, 2.45) is 0 Å². The highest BCUT2D eigenvalue weighted by Crippen LogP contribution is 2.25. The molecule has 0 saturated carbocycles. The van der Waals surface area contributed by atoms with Crippen LogP contribution in [0.2, 0.25) is 5.02 Å². The maximum absolute atomic E-state index is 12.9. The van der Waals surface area contributed by atoms with Gasteiger partial charge in [-0.3, -0.25) is 0 Å². The Balaban J connectivity index is 1.82. The Labute approximate surface area is 153 Å². The SMILES string of the molecule is Cc1ccc(NCc2ccccc2Cl)cc1S(=O)(=O)N1CCOCC1. The summed E-state index contributed by atoms with van der Waals surface area (Å²) in [5, 5.41) is 3.94. The molecule has 1 saturated heterocycles. The van der Waals surface area contributed by atoms with E-state index in [0.29, 0.717) is 42.8 Å². The maximum Gasteiger partial charge on any atom is 0.243 e. The van der Waals surface area contributed by atoms with Gasteiger partial charge in [-0.15, -0.1) is 0 Å². The second-order valence-electron chi connectivity index (χ2n) is 5.94. The van der Waals surface area contributed by atoms with Crippen molar-refractivity contribution in [1.29, 1.82) is 0 Å². The van der Waals surface area contributed by atoms with E-state index in [4.69, 9.17) is 16.3 Å². The van der Waals surface area contributed by atoms with Gasteiger partial charge in [0.15, 0.2) is 0 Å². The Morgan fingerprint density at radius 2 is 1.88 bits per heavy atom. The van der Waals surface area contributed by atoms with E-state index in [1.807, 2.05) is 43.3 Å². The fourth-order valence-electron chi connectivity index (χ4n) is 2.75. The number of benzene rings is 2. The quantitative estimate of drug-likeness (QED) is 0.864. The predicted molar refractivity (Wildman–Crippen MR) is 99.5 cm³/mol. The van der Waals surface area contributed by atoms with E-state index >= 15 is 0 Å². The highest BCUT2D eigenvalue weighted by Gasteiger charge is 2.27. The first kappa shape index (κ1) is 18.2. The number of halogens is 1. The second-order valence-corrected chi connectivity index (χ2v) is 8.26. The van der Waals surface area contributed by atoms with Crippen LogP contribution in [-0.2, 0) is 21.3 Å². The fourth-order valence-corrected chi connectivity index (χ4v) is 4.61. The number of nitrogens with one attached hydrogen (secondary N) is 1. The standard InChI is InChI=1S/C18H21ClN2O3S/c1-14-6-7-16(20-13-15-4-2-3-5-17(15)19)12-18(14)25(22,23)21-8-10-24-11-9-21/h2-7,12,20H,8-11,13H2,1H3. The van der Waals surface area contributed by atoms with Gasteiger partial charge in [0.1, 0.15) is 0 Å². The summed E-state index contributed by atoms with van der Waals surface area (Å²) in [4.78, 5) is 0.332. The van der Waals surface area contributed by atoms with Gasteiger partial charge in [-0.2, -0.15) is 4.31 Å². The van der Waals surface area contributed by atoms with Gasteiger partial charge in [-0.05, 0) is 36.2 Å². The maximum atomic E-state index is 12.9. The number of rotatable bonds is 5. The molecule has 134 valence electrons. The van der Waals surface area contributed by atoms with Gasteiger partial charge in [0.05, 0.1) is 18.1 Å². The summed E-state index contributed by atoms with van der Waals surface area (Å²) in [6.07, 6.45) is 0. The van der Waals surface area contributed by atoms with Crippen LogP contribution in [-0.4, -0.2) is 39.0 Å². The van der Waals surface area contributed by atoms with Crippen molar-refractivity contribution in [3.05, 3.63) is 58.6 Å². The average Bonchev–Trinajstić information content (AvgIpc) is 2.63. The van der Waals surface area contributed by atoms with Crippen LogP contribution in [0.1, 0.15) is 11.1 Å². The van der Waals surface area contributed by atoms with Crippen molar-refractivity contribution >= 4 is 27.3 Å². The van der Waals surface area contributed by atoms with Crippen LogP contribution >= 0.6 is 11.6 Å². The molecule has 1 heterocycles. The van der Waals surface area contributed by atoms with E-state index in [-0.39, 0.29) is 0 Å². The molecule has 5 nitrogen and oxygen atoms in total. The zero-order valence-corrected chi connectivity index (χ0v) is 15.6. The third-order valence-corrected chi connectivity index (χ3v) is 6.63. The number of aryl methyl sites for hydroxylation is 1. The number of ether oxygens (including phenoxy) is 1. The summed E-state index contributed by atoms with van der Waals surface area (Å²) in [5.74, 6) is 0. The molecule has 2 aromatic carbocycles. The molecular formula is C18H21ClN2O3S. The molecule has 7 heteroatoms. The molecule has 1 N–H and O–H groups in total. The second kappa shape index (κ2) is 7.74. The summed E-state index contributed by atoms with van der Waals surface area (Å²) >= 11 is 6.17. The predicted octanol–water partition coefficient (Wildman–Crippen LogP) is 3.28. The molecule has 2 aromatic rings. The molecule has 0 amide bonds. The van der Waals surface area contributed by atoms with Gasteiger partial charge in [0, 0.05) is 30.3 Å². The average molecular weight is 381 g/mol. The zero-order valence-electron chi connectivity index (χ0n) is 14.0. The lowest BCUT2D eigenvalue weighted by Gasteiger charge is -2.27. The summed E-state index contributed by atoms with van der Waals surface area (Å²) < 4.78 is 32.6. The highest BCUT2D eigenvalue weighted by atomic mass is 35.5. The Morgan fingerprint density at radius 1 is 1.16 bits per heavy atom. The molecule has 1 fully saturated rings. The van der Waals surface area contributed by atoms with Crippen LogP contribution in [0.15, 0.2) is 47.4 Å². The first-order valence-electron chi connectivity index (χ1n) is 8.14. The molecule has 0 bridgehead atoms. The minimum Gasteiger partial charge on any atom is -0.381 e. The first-order valence-corrected chi connectivity index (χ1v) is 9.96. The molecule has 1 aliphatic rings. The van der Waals surface area contributed by atoms with E-state index in [1.165, 1.54) is 4.31 Å². The van der Waals surface area contributed by atoms with E-state index in [2.05, 4.69) is 5.32 Å². The van der Waals surface area contributed by atoms with Gasteiger partial charge in [0.2, 0.25) is 10.0 Å². The van der Waals surface area contributed by atoms with E-state index in [1.54, 1.807) is 6.07 Å². The zero-order chi connectivity index (χ0) is 17.9. The molecule has 0 spiro atoms. The molecule has 0 radical (unpaired) electrons. The number of anilines is 1. The summed E-state index contributed by atoms with van der Waals surface area (Å²) in [5.41, 5.74) is 2.44. The van der Waals surface area contributed by atoms with Gasteiger partial charge in [-0.25, -0.2) is 8.42 Å². The highest BCUT2D eigenvalue weighted by molar-refractivity contribution is 7.89. The number of hydrogen-bond acceptors (Lipinski definition) is 4. The van der Waals surface area contributed by atoms with Crippen molar-refractivity contribution in [3.8, 4) is 0 Å². The lowest BCUT2D eigenvalue weighted by molar-refractivity contribution is 0.0730. The number of sulfonamides is 1. The van der Waals surface area contributed by atoms with Gasteiger partial charge < -0.3 is 10.1 Å².